The summed E-state index contributed by atoms with van der Waals surface area (Å²) in [7, 11) is 0. The second-order valence-corrected chi connectivity index (χ2v) is 5.38. The summed E-state index contributed by atoms with van der Waals surface area (Å²) in [6, 6.07) is 14.1. The Bertz CT molecular complexity index is 777. The molecule has 2 aromatic carbocycles. The number of halogens is 3. The Labute approximate surface area is 131 Å². The molecule has 0 atom stereocenters. The Hall–Kier alpha value is -1.84. The fourth-order valence-electron chi connectivity index (χ4n) is 2.19. The van der Waals surface area contributed by atoms with E-state index in [2.05, 4.69) is 5.10 Å². The highest BCUT2D eigenvalue weighted by molar-refractivity contribution is 6.33. The minimum absolute atomic E-state index is 0.162. The fourth-order valence-corrected chi connectivity index (χ4v) is 2.64. The van der Waals surface area contributed by atoms with Crippen LogP contribution >= 0.6 is 23.2 Å². The predicted molar refractivity (Wildman–Crippen MR) is 83.7 cm³/mol. The van der Waals surface area contributed by atoms with E-state index in [1.165, 1.54) is 10.7 Å². The van der Waals surface area contributed by atoms with Crippen molar-refractivity contribution < 1.29 is 4.39 Å². The van der Waals surface area contributed by atoms with Crippen LogP contribution in [0.15, 0.2) is 48.5 Å². The number of aromatic nitrogens is 2. The topological polar surface area (TPSA) is 17.8 Å². The molecule has 0 radical (unpaired) electrons. The smallest absolute Gasteiger partial charge is 0.150 e. The van der Waals surface area contributed by atoms with Crippen LogP contribution in [0.2, 0.25) is 10.2 Å². The monoisotopic (exact) mass is 320 g/mol. The van der Waals surface area contributed by atoms with Gasteiger partial charge in [0.15, 0.2) is 0 Å². The lowest BCUT2D eigenvalue weighted by molar-refractivity contribution is 0.611. The maximum Gasteiger partial charge on any atom is 0.150 e. The highest BCUT2D eigenvalue weighted by Crippen LogP contribution is 2.33. The van der Waals surface area contributed by atoms with Crippen LogP contribution in [-0.4, -0.2) is 9.78 Å². The highest BCUT2D eigenvalue weighted by Gasteiger charge is 2.19. The number of hydrogen-bond acceptors (Lipinski definition) is 1. The van der Waals surface area contributed by atoms with Crippen molar-refractivity contribution in [2.24, 2.45) is 0 Å². The van der Waals surface area contributed by atoms with Crippen LogP contribution in [0, 0.1) is 12.7 Å². The molecule has 2 nitrogen and oxygen atoms in total. The number of rotatable bonds is 2. The minimum atomic E-state index is -0.466. The van der Waals surface area contributed by atoms with E-state index in [1.54, 1.807) is 12.1 Å². The van der Waals surface area contributed by atoms with Gasteiger partial charge in [0, 0.05) is 11.1 Å². The molecule has 0 fully saturated rings. The van der Waals surface area contributed by atoms with E-state index in [1.807, 2.05) is 37.3 Å². The molecular weight excluding hydrogens is 310 g/mol. The number of hydrogen-bond donors (Lipinski definition) is 0. The van der Waals surface area contributed by atoms with Gasteiger partial charge in [0.05, 0.1) is 10.7 Å². The van der Waals surface area contributed by atoms with Gasteiger partial charge in [-0.05, 0) is 19.1 Å². The molecule has 0 unspecified atom stereocenters. The summed E-state index contributed by atoms with van der Waals surface area (Å²) < 4.78 is 15.4. The lowest BCUT2D eigenvalue weighted by Crippen LogP contribution is -2.01. The summed E-state index contributed by atoms with van der Waals surface area (Å²) in [5, 5.41) is 5.04. The third-order valence-corrected chi connectivity index (χ3v) is 4.00. The first-order valence-corrected chi connectivity index (χ1v) is 7.10. The standard InChI is InChI=1S/C16H11Cl2FN2/c1-10-14(11-6-3-2-4-7-11)20-21(16(10)18)15-12(17)8-5-9-13(15)19/h2-9H,1H3. The molecule has 3 aromatic rings. The minimum Gasteiger partial charge on any atom is -0.217 e. The summed E-state index contributed by atoms with van der Waals surface area (Å²) in [6.45, 7) is 1.85. The molecule has 106 valence electrons. The van der Waals surface area contributed by atoms with Gasteiger partial charge in [-0.25, -0.2) is 9.07 Å². The number of para-hydroxylation sites is 1. The van der Waals surface area contributed by atoms with E-state index in [-0.39, 0.29) is 10.7 Å². The Morgan fingerprint density at radius 1 is 1.00 bits per heavy atom. The number of nitrogens with zero attached hydrogens (tertiary/aromatic N) is 2. The molecule has 3 rings (SSSR count). The quantitative estimate of drug-likeness (QED) is 0.627. The predicted octanol–water partition coefficient (Wildman–Crippen LogP) is 5.29. The third kappa shape index (κ3) is 2.43. The van der Waals surface area contributed by atoms with Crippen LogP contribution in [-0.2, 0) is 0 Å². The molecule has 1 aromatic heterocycles. The van der Waals surface area contributed by atoms with E-state index >= 15 is 0 Å². The van der Waals surface area contributed by atoms with Gasteiger partial charge in [0.25, 0.3) is 0 Å². The van der Waals surface area contributed by atoms with Crippen LogP contribution in [0.1, 0.15) is 5.56 Å². The third-order valence-electron chi connectivity index (χ3n) is 3.25. The molecule has 0 aliphatic heterocycles. The van der Waals surface area contributed by atoms with Gasteiger partial charge in [0.2, 0.25) is 0 Å². The van der Waals surface area contributed by atoms with Crippen molar-refractivity contribution in [3.63, 3.8) is 0 Å². The first kappa shape index (κ1) is 14.1. The van der Waals surface area contributed by atoms with Gasteiger partial charge in [-0.2, -0.15) is 5.10 Å². The van der Waals surface area contributed by atoms with E-state index in [0.29, 0.717) is 10.8 Å². The molecule has 0 N–H and O–H groups in total. The SMILES string of the molecule is Cc1c(-c2ccccc2)nn(-c2c(F)cccc2Cl)c1Cl. The van der Waals surface area contributed by atoms with Crippen molar-refractivity contribution >= 4 is 23.2 Å². The van der Waals surface area contributed by atoms with E-state index in [9.17, 15) is 4.39 Å². The van der Waals surface area contributed by atoms with Gasteiger partial charge < -0.3 is 0 Å². The highest BCUT2D eigenvalue weighted by atomic mass is 35.5. The second kappa shape index (κ2) is 5.51. The maximum absolute atomic E-state index is 14.1. The molecule has 0 spiro atoms. The largest absolute Gasteiger partial charge is 0.217 e. The molecule has 1 heterocycles. The lowest BCUT2D eigenvalue weighted by Gasteiger charge is -2.06. The van der Waals surface area contributed by atoms with Gasteiger partial charge in [-0.1, -0.05) is 59.6 Å². The van der Waals surface area contributed by atoms with E-state index in [4.69, 9.17) is 23.2 Å². The Morgan fingerprint density at radius 2 is 1.71 bits per heavy atom. The zero-order valence-corrected chi connectivity index (χ0v) is 12.7. The first-order chi connectivity index (χ1) is 10.1. The van der Waals surface area contributed by atoms with Gasteiger partial charge in [-0.3, -0.25) is 0 Å². The average Bonchev–Trinajstić information content (AvgIpc) is 2.77. The van der Waals surface area contributed by atoms with Gasteiger partial charge in [-0.15, -0.1) is 0 Å². The van der Waals surface area contributed by atoms with Crippen molar-refractivity contribution in [1.29, 1.82) is 0 Å². The van der Waals surface area contributed by atoms with Crippen molar-refractivity contribution in [3.05, 3.63) is 70.1 Å². The Morgan fingerprint density at radius 3 is 2.38 bits per heavy atom. The molecule has 21 heavy (non-hydrogen) atoms. The van der Waals surface area contributed by atoms with Crippen molar-refractivity contribution in [2.45, 2.75) is 6.92 Å². The Balaban J connectivity index is 2.23. The molecular formula is C16H11Cl2FN2. The molecule has 0 aliphatic carbocycles. The number of benzene rings is 2. The normalized spacial score (nSPS) is 10.9. The van der Waals surface area contributed by atoms with Crippen LogP contribution in [0.4, 0.5) is 4.39 Å². The zero-order chi connectivity index (χ0) is 15.0. The van der Waals surface area contributed by atoms with Crippen LogP contribution in [0.5, 0.6) is 0 Å². The molecule has 0 saturated carbocycles. The van der Waals surface area contributed by atoms with Crippen LogP contribution in [0.25, 0.3) is 16.9 Å². The van der Waals surface area contributed by atoms with Crippen molar-refractivity contribution in [1.82, 2.24) is 9.78 Å². The lowest BCUT2D eigenvalue weighted by atomic mass is 10.1. The summed E-state index contributed by atoms with van der Waals surface area (Å²) in [5.41, 5.74) is 2.57. The molecule has 0 amide bonds. The Kier molecular flexibility index (Phi) is 3.70. The first-order valence-electron chi connectivity index (χ1n) is 6.34. The summed E-state index contributed by atoms with van der Waals surface area (Å²) in [6.07, 6.45) is 0. The average molecular weight is 321 g/mol. The fraction of sp³-hybridized carbons (Fsp3) is 0.0625. The van der Waals surface area contributed by atoms with Crippen molar-refractivity contribution in [3.8, 4) is 16.9 Å². The zero-order valence-electron chi connectivity index (χ0n) is 11.1. The maximum atomic E-state index is 14.1. The molecule has 5 heteroatoms. The van der Waals surface area contributed by atoms with Crippen LogP contribution < -0.4 is 0 Å². The molecule has 0 bridgehead atoms. The summed E-state index contributed by atoms with van der Waals surface area (Å²) >= 11 is 12.4. The second-order valence-electron chi connectivity index (χ2n) is 4.61. The summed E-state index contributed by atoms with van der Waals surface area (Å²) in [5.74, 6) is -0.466. The van der Waals surface area contributed by atoms with Crippen molar-refractivity contribution in [2.75, 3.05) is 0 Å². The van der Waals surface area contributed by atoms with Gasteiger partial charge in [0.1, 0.15) is 16.7 Å². The molecule has 0 saturated heterocycles. The molecule has 0 aliphatic rings. The van der Waals surface area contributed by atoms with E-state index < -0.39 is 5.82 Å². The van der Waals surface area contributed by atoms with Crippen LogP contribution in [0.3, 0.4) is 0 Å². The summed E-state index contributed by atoms with van der Waals surface area (Å²) in [4.78, 5) is 0. The van der Waals surface area contributed by atoms with E-state index in [0.717, 1.165) is 11.1 Å². The van der Waals surface area contributed by atoms with Gasteiger partial charge >= 0.3 is 0 Å².